The molecule has 0 saturated carbocycles. The summed E-state index contributed by atoms with van der Waals surface area (Å²) in [5, 5.41) is 3.31. The van der Waals surface area contributed by atoms with E-state index in [0.717, 1.165) is 13.1 Å². The molecule has 0 amide bonds. The second-order valence-electron chi connectivity index (χ2n) is 4.23. The van der Waals surface area contributed by atoms with Crippen LogP contribution in [0.15, 0.2) is 0 Å². The molecule has 1 aliphatic rings. The van der Waals surface area contributed by atoms with Crippen LogP contribution in [-0.2, 0) is 0 Å². The van der Waals surface area contributed by atoms with Crippen molar-refractivity contribution in [2.45, 2.75) is 32.5 Å². The summed E-state index contributed by atoms with van der Waals surface area (Å²) in [7, 11) is 0. The minimum absolute atomic E-state index is 0.531. The van der Waals surface area contributed by atoms with Crippen LogP contribution in [0.25, 0.3) is 0 Å². The molecule has 1 saturated heterocycles. The molecule has 1 aliphatic heterocycles. The Morgan fingerprint density at radius 2 is 2.08 bits per heavy atom. The number of rotatable bonds is 4. The zero-order valence-electron chi connectivity index (χ0n) is 8.23. The van der Waals surface area contributed by atoms with E-state index >= 15 is 0 Å². The maximum absolute atomic E-state index is 13.0. The Labute approximate surface area is 74.1 Å². The summed E-state index contributed by atoms with van der Waals surface area (Å²) in [4.78, 5) is 2.13. The average Bonchev–Trinajstić information content (AvgIpc) is 1.82. The zero-order valence-corrected chi connectivity index (χ0v) is 8.23. The number of hydrogen-bond acceptors (Lipinski definition) is 2. The summed E-state index contributed by atoms with van der Waals surface area (Å²) in [5.41, 5.74) is -0.919. The lowest BCUT2D eigenvalue weighted by Gasteiger charge is -2.42. The maximum Gasteiger partial charge on any atom is 0.133 e. The van der Waals surface area contributed by atoms with Gasteiger partial charge < -0.3 is 5.32 Å². The normalized spacial score (nSPS) is 22.8. The monoisotopic (exact) mass is 174 g/mol. The minimum Gasteiger partial charge on any atom is -0.313 e. The van der Waals surface area contributed by atoms with Gasteiger partial charge in [0.1, 0.15) is 5.67 Å². The lowest BCUT2D eigenvalue weighted by molar-refractivity contribution is -0.0163. The van der Waals surface area contributed by atoms with Crippen molar-refractivity contribution in [2.75, 3.05) is 26.2 Å². The SMILES string of the molecule is CC(C)NCCN1CC(C)(F)C1. The van der Waals surface area contributed by atoms with Crippen LogP contribution in [0.3, 0.4) is 0 Å². The van der Waals surface area contributed by atoms with Crippen molar-refractivity contribution < 1.29 is 4.39 Å². The van der Waals surface area contributed by atoms with Crippen LogP contribution in [-0.4, -0.2) is 42.8 Å². The van der Waals surface area contributed by atoms with Crippen molar-refractivity contribution in [2.24, 2.45) is 0 Å². The Morgan fingerprint density at radius 1 is 1.50 bits per heavy atom. The van der Waals surface area contributed by atoms with E-state index in [9.17, 15) is 4.39 Å². The molecule has 0 aromatic rings. The van der Waals surface area contributed by atoms with E-state index in [1.807, 2.05) is 0 Å². The number of alkyl halides is 1. The molecular formula is C9H19FN2. The first kappa shape index (κ1) is 9.93. The van der Waals surface area contributed by atoms with Crippen molar-refractivity contribution in [3.63, 3.8) is 0 Å². The van der Waals surface area contributed by atoms with Crippen molar-refractivity contribution in [1.29, 1.82) is 0 Å². The molecule has 1 rings (SSSR count). The van der Waals surface area contributed by atoms with E-state index in [2.05, 4.69) is 24.1 Å². The summed E-state index contributed by atoms with van der Waals surface area (Å²) < 4.78 is 13.0. The topological polar surface area (TPSA) is 15.3 Å². The Kier molecular flexibility index (Phi) is 3.07. The molecule has 3 heteroatoms. The summed E-state index contributed by atoms with van der Waals surface area (Å²) in [6, 6.07) is 0.531. The fourth-order valence-electron chi connectivity index (χ4n) is 1.56. The molecule has 1 N–H and O–H groups in total. The number of nitrogens with one attached hydrogen (secondary N) is 1. The molecule has 0 aromatic heterocycles. The van der Waals surface area contributed by atoms with Crippen LogP contribution in [0, 0.1) is 0 Å². The summed E-state index contributed by atoms with van der Waals surface area (Å²) in [6.45, 7) is 9.05. The van der Waals surface area contributed by atoms with Gasteiger partial charge in [-0.15, -0.1) is 0 Å². The highest BCUT2D eigenvalue weighted by molar-refractivity contribution is 4.91. The molecule has 1 fully saturated rings. The Hall–Kier alpha value is -0.150. The molecule has 0 spiro atoms. The molecule has 0 bridgehead atoms. The van der Waals surface area contributed by atoms with Crippen molar-refractivity contribution in [3.8, 4) is 0 Å². The van der Waals surface area contributed by atoms with Gasteiger partial charge in [0.2, 0.25) is 0 Å². The molecule has 72 valence electrons. The predicted octanol–water partition coefficient (Wildman–Crippen LogP) is 1.03. The van der Waals surface area contributed by atoms with E-state index in [1.54, 1.807) is 6.92 Å². The number of hydrogen-bond donors (Lipinski definition) is 1. The van der Waals surface area contributed by atoms with Gasteiger partial charge in [-0.3, -0.25) is 4.90 Å². The van der Waals surface area contributed by atoms with Gasteiger partial charge in [-0.2, -0.15) is 0 Å². The summed E-state index contributed by atoms with van der Waals surface area (Å²) >= 11 is 0. The molecular weight excluding hydrogens is 155 g/mol. The highest BCUT2D eigenvalue weighted by atomic mass is 19.1. The van der Waals surface area contributed by atoms with Gasteiger partial charge in [0.25, 0.3) is 0 Å². The third-order valence-corrected chi connectivity index (χ3v) is 2.09. The van der Waals surface area contributed by atoms with Gasteiger partial charge in [-0.1, -0.05) is 13.8 Å². The maximum atomic E-state index is 13.0. The smallest absolute Gasteiger partial charge is 0.133 e. The summed E-state index contributed by atoms with van der Waals surface area (Å²) in [5.74, 6) is 0. The number of likely N-dealkylation sites (tertiary alicyclic amines) is 1. The lowest BCUT2D eigenvalue weighted by atomic mass is 9.99. The Bertz CT molecular complexity index is 137. The molecule has 0 atom stereocenters. The molecule has 12 heavy (non-hydrogen) atoms. The van der Waals surface area contributed by atoms with E-state index in [-0.39, 0.29) is 0 Å². The van der Waals surface area contributed by atoms with Gasteiger partial charge in [0.15, 0.2) is 0 Å². The highest BCUT2D eigenvalue weighted by Gasteiger charge is 2.37. The van der Waals surface area contributed by atoms with Gasteiger partial charge in [0, 0.05) is 32.2 Å². The first-order valence-corrected chi connectivity index (χ1v) is 4.64. The van der Waals surface area contributed by atoms with E-state index < -0.39 is 5.67 Å². The molecule has 2 nitrogen and oxygen atoms in total. The Balaban J connectivity index is 1.97. The number of nitrogens with zero attached hydrogens (tertiary/aromatic N) is 1. The first-order valence-electron chi connectivity index (χ1n) is 4.64. The van der Waals surface area contributed by atoms with Crippen LogP contribution in [0.1, 0.15) is 20.8 Å². The second kappa shape index (κ2) is 3.71. The van der Waals surface area contributed by atoms with Crippen LogP contribution in [0.2, 0.25) is 0 Å². The van der Waals surface area contributed by atoms with Crippen molar-refractivity contribution in [1.82, 2.24) is 10.2 Å². The van der Waals surface area contributed by atoms with Crippen LogP contribution >= 0.6 is 0 Å². The van der Waals surface area contributed by atoms with E-state index in [0.29, 0.717) is 19.1 Å². The third-order valence-electron chi connectivity index (χ3n) is 2.09. The van der Waals surface area contributed by atoms with Crippen molar-refractivity contribution >= 4 is 0 Å². The van der Waals surface area contributed by atoms with Gasteiger partial charge in [-0.05, 0) is 6.92 Å². The molecule has 1 heterocycles. The first-order chi connectivity index (χ1) is 5.49. The molecule has 0 aromatic carbocycles. The van der Waals surface area contributed by atoms with Crippen LogP contribution in [0.4, 0.5) is 4.39 Å². The third kappa shape index (κ3) is 3.07. The van der Waals surface area contributed by atoms with Crippen molar-refractivity contribution in [3.05, 3.63) is 0 Å². The van der Waals surface area contributed by atoms with E-state index in [1.165, 1.54) is 0 Å². The number of halogens is 1. The fraction of sp³-hybridized carbons (Fsp3) is 1.00. The standard InChI is InChI=1S/C9H19FN2/c1-8(2)11-4-5-12-6-9(3,10)7-12/h8,11H,4-7H2,1-3H3. The van der Waals surface area contributed by atoms with Crippen LogP contribution < -0.4 is 5.32 Å². The molecule has 0 unspecified atom stereocenters. The molecule has 0 radical (unpaired) electrons. The minimum atomic E-state index is -0.919. The summed E-state index contributed by atoms with van der Waals surface area (Å²) in [6.07, 6.45) is 0. The van der Waals surface area contributed by atoms with E-state index in [4.69, 9.17) is 0 Å². The average molecular weight is 174 g/mol. The zero-order chi connectivity index (χ0) is 9.19. The Morgan fingerprint density at radius 3 is 2.50 bits per heavy atom. The second-order valence-corrected chi connectivity index (χ2v) is 4.23. The highest BCUT2D eigenvalue weighted by Crippen LogP contribution is 2.23. The van der Waals surface area contributed by atoms with Gasteiger partial charge in [-0.25, -0.2) is 4.39 Å². The van der Waals surface area contributed by atoms with Gasteiger partial charge >= 0.3 is 0 Å². The lowest BCUT2D eigenvalue weighted by Crippen LogP contribution is -2.58. The van der Waals surface area contributed by atoms with Gasteiger partial charge in [0.05, 0.1) is 0 Å². The fourth-order valence-corrected chi connectivity index (χ4v) is 1.56. The largest absolute Gasteiger partial charge is 0.313 e. The predicted molar refractivity (Wildman–Crippen MR) is 49.1 cm³/mol. The molecule has 0 aliphatic carbocycles. The quantitative estimate of drug-likeness (QED) is 0.684. The van der Waals surface area contributed by atoms with Crippen LogP contribution in [0.5, 0.6) is 0 Å².